The first-order valence-corrected chi connectivity index (χ1v) is 26.1. The van der Waals surface area contributed by atoms with Crippen molar-refractivity contribution in [2.24, 2.45) is 49.3 Å². The number of benzene rings is 1. The highest BCUT2D eigenvalue weighted by Crippen LogP contribution is 2.32. The minimum absolute atomic E-state index is 0.00313. The van der Waals surface area contributed by atoms with E-state index < -0.39 is 17.9 Å². The molecule has 418 valence electrons. The third-order valence-corrected chi connectivity index (χ3v) is 14.3. The first-order chi connectivity index (χ1) is 38.5. The van der Waals surface area contributed by atoms with Crippen molar-refractivity contribution < 1.29 is 49.2 Å². The summed E-state index contributed by atoms with van der Waals surface area (Å²) in [4.78, 5) is 117. The number of hydrogen-bond donors (Lipinski definition) is 6. The van der Waals surface area contributed by atoms with Crippen molar-refractivity contribution in [3.8, 4) is 17.3 Å². The van der Waals surface area contributed by atoms with E-state index in [0.29, 0.717) is 74.3 Å². The van der Waals surface area contributed by atoms with Gasteiger partial charge in [0.15, 0.2) is 46.3 Å². The van der Waals surface area contributed by atoms with Crippen LogP contribution in [0, 0.1) is 0 Å². The van der Waals surface area contributed by atoms with Crippen molar-refractivity contribution in [2.75, 3.05) is 17.2 Å². The number of aromatic hydroxyl groups is 1. The molecule has 0 saturated carbocycles. The van der Waals surface area contributed by atoms with Gasteiger partial charge in [-0.3, -0.25) is 38.4 Å². The molecule has 0 saturated heterocycles. The summed E-state index contributed by atoms with van der Waals surface area (Å²) in [5.74, 6) is -1.93. The molecule has 0 radical (unpaired) electrons. The smallest absolute Gasteiger partial charge is 0.291 e. The Morgan fingerprint density at radius 2 is 1.07 bits per heavy atom. The predicted octanol–water partition coefficient (Wildman–Crippen LogP) is 4.62. The number of phenolic OH excluding ortho intramolecular Hbond substituents is 1. The molecule has 1 atom stereocenters. The molecule has 0 bridgehead atoms. The Balaban J connectivity index is 0.736. The largest absolute Gasteiger partial charge is 0.505 e. The summed E-state index contributed by atoms with van der Waals surface area (Å²) in [6.45, 7) is 1.92. The number of amides is 3. The van der Waals surface area contributed by atoms with Crippen molar-refractivity contribution in [1.29, 1.82) is 0 Å². The minimum atomic E-state index is -0.678. The summed E-state index contributed by atoms with van der Waals surface area (Å²) < 4.78 is 11.7. The minimum Gasteiger partial charge on any atom is -0.505 e. The van der Waals surface area contributed by atoms with Crippen molar-refractivity contribution in [2.45, 2.75) is 51.5 Å². The van der Waals surface area contributed by atoms with Crippen molar-refractivity contribution >= 4 is 69.0 Å². The van der Waals surface area contributed by atoms with Crippen LogP contribution in [0.5, 0.6) is 5.75 Å². The summed E-state index contributed by atoms with van der Waals surface area (Å²) in [5.41, 5.74) is 10.7. The number of anilines is 2. The van der Waals surface area contributed by atoms with Gasteiger partial charge < -0.3 is 63.7 Å². The van der Waals surface area contributed by atoms with Crippen LogP contribution in [0.25, 0.3) is 22.6 Å². The van der Waals surface area contributed by atoms with Gasteiger partial charge in [0.05, 0.1) is 50.9 Å². The Hall–Kier alpha value is -9.90. The second kappa shape index (κ2) is 22.8. The fraction of sp³-hybridized carbons (Fsp3) is 0.276. The van der Waals surface area contributed by atoms with Crippen LogP contribution >= 0.6 is 0 Å². The van der Waals surface area contributed by atoms with Gasteiger partial charge in [-0.25, -0.2) is 9.97 Å². The fourth-order valence-corrected chi connectivity index (χ4v) is 10.1. The number of Topliss-reactive ketones (excluding diaryl/α,β-unsaturated/α-hetero) is 5. The molecule has 0 aliphatic carbocycles. The Kier molecular flexibility index (Phi) is 15.7. The fourth-order valence-electron chi connectivity index (χ4n) is 10.1. The topological polar surface area (TPSA) is 297 Å². The highest BCUT2D eigenvalue weighted by atomic mass is 16.3. The third-order valence-electron chi connectivity index (χ3n) is 14.3. The highest BCUT2D eigenvalue weighted by molar-refractivity contribution is 6.10. The summed E-state index contributed by atoms with van der Waals surface area (Å²) in [7, 11) is 12.1. The lowest BCUT2D eigenvalue weighted by Crippen LogP contribution is -2.65. The summed E-state index contributed by atoms with van der Waals surface area (Å²) in [6.07, 6.45) is 14.2. The quantitative estimate of drug-likeness (QED) is 0.0481. The molecule has 1 aromatic carbocycles. The van der Waals surface area contributed by atoms with E-state index in [1.54, 1.807) is 163 Å². The van der Waals surface area contributed by atoms with Crippen molar-refractivity contribution in [3.05, 3.63) is 160 Å². The molecule has 0 aliphatic heterocycles. The SMILES string of the molecule is CCC(=O)c1cc(CC(=O)c2cc(CC(=O)c3cc(CC(=O)c4cc(CC(=O)[C@H]([NH3+])CCNC(=O)c5cc(NC(=O)c6ccc7[nH]c(-c8cc(NC(=O)c9nccn9C)cn8C)nc7c6O)cn5C)cn4C)cn3C)cn2C)cn1C. The maximum absolute atomic E-state index is 13.6. The third kappa shape index (κ3) is 11.9. The zero-order chi connectivity index (χ0) is 58.1. The number of fused-ring (bicyclic) bond motifs is 1. The lowest BCUT2D eigenvalue weighted by molar-refractivity contribution is -0.404. The Bertz CT molecular complexity index is 3990. The number of ketones is 5. The number of quaternary nitrogens is 1. The van der Waals surface area contributed by atoms with Gasteiger partial charge in [-0.05, 0) is 70.8 Å². The van der Waals surface area contributed by atoms with E-state index in [4.69, 9.17) is 0 Å². The van der Waals surface area contributed by atoms with Crippen molar-refractivity contribution in [3.63, 3.8) is 0 Å². The van der Waals surface area contributed by atoms with Crippen LogP contribution in [0.1, 0.15) is 115 Å². The molecule has 23 nitrogen and oxygen atoms in total. The number of aromatic amines is 1. The number of imidazole rings is 2. The molecule has 0 spiro atoms. The van der Waals surface area contributed by atoms with Gasteiger partial charge in [-0.15, -0.1) is 0 Å². The molecule has 23 heteroatoms. The zero-order valence-corrected chi connectivity index (χ0v) is 46.2. The van der Waals surface area contributed by atoms with E-state index >= 15 is 0 Å². The average molecular weight is 1100 g/mol. The van der Waals surface area contributed by atoms with Crippen LogP contribution in [-0.2, 0) is 79.8 Å². The van der Waals surface area contributed by atoms with Crippen LogP contribution in [0.15, 0.2) is 98.1 Å². The molecule has 8 N–H and O–H groups in total. The number of H-pyrrole nitrogens is 1. The Morgan fingerprint density at radius 1 is 0.580 bits per heavy atom. The number of hydrogen-bond acceptors (Lipinski definition) is 11. The van der Waals surface area contributed by atoms with E-state index in [2.05, 4.69) is 36.6 Å². The van der Waals surface area contributed by atoms with Gasteiger partial charge >= 0.3 is 0 Å². The Morgan fingerprint density at radius 3 is 1.60 bits per heavy atom. The molecule has 0 aliphatic rings. The van der Waals surface area contributed by atoms with E-state index in [1.165, 1.54) is 22.9 Å². The van der Waals surface area contributed by atoms with Crippen LogP contribution in [0.4, 0.5) is 11.4 Å². The first-order valence-electron chi connectivity index (χ1n) is 26.1. The number of carbonyl (C=O) groups excluding carboxylic acids is 8. The van der Waals surface area contributed by atoms with E-state index in [-0.39, 0.29) is 102 Å². The van der Waals surface area contributed by atoms with Crippen LogP contribution in [0.2, 0.25) is 0 Å². The van der Waals surface area contributed by atoms with Gasteiger partial charge in [0.2, 0.25) is 0 Å². The Labute approximate surface area is 464 Å². The summed E-state index contributed by atoms with van der Waals surface area (Å²) in [6, 6.07) is 12.4. The van der Waals surface area contributed by atoms with E-state index in [0.717, 1.165) is 5.56 Å². The number of aryl methyl sites for hydroxylation is 7. The monoisotopic (exact) mass is 1100 g/mol. The lowest BCUT2D eigenvalue weighted by atomic mass is 10.0. The van der Waals surface area contributed by atoms with Gasteiger partial charge in [0.25, 0.3) is 17.7 Å². The van der Waals surface area contributed by atoms with Crippen LogP contribution in [-0.4, -0.2) is 111 Å². The first kappa shape index (κ1) is 55.8. The van der Waals surface area contributed by atoms with Crippen molar-refractivity contribution in [1.82, 2.24) is 52.2 Å². The summed E-state index contributed by atoms with van der Waals surface area (Å²) in [5, 5.41) is 19.6. The molecule has 8 aromatic heterocycles. The highest BCUT2D eigenvalue weighted by Gasteiger charge is 2.25. The maximum Gasteiger partial charge on any atom is 0.291 e. The lowest BCUT2D eigenvalue weighted by Gasteiger charge is -2.09. The molecule has 0 fully saturated rings. The molecular weight excluding hydrogens is 1040 g/mol. The molecule has 8 heterocycles. The molecule has 0 unspecified atom stereocenters. The number of rotatable bonds is 23. The molecule has 3 amide bonds. The van der Waals surface area contributed by atoms with Gasteiger partial charge in [-0.1, -0.05) is 6.92 Å². The molecule has 9 rings (SSSR count). The normalized spacial score (nSPS) is 11.8. The maximum atomic E-state index is 13.6. The number of carbonyl (C=O) groups is 8. The molecular formula is C58H63N14O9+. The van der Waals surface area contributed by atoms with Gasteiger partial charge in [0.1, 0.15) is 17.3 Å². The number of nitrogens with one attached hydrogen (secondary N) is 4. The standard InChI is InChI=1S/C58H62N14O9/c1-9-47(73)41-16-33(27-67(41)3)21-49(75)43-18-35(29-69(43)5)23-51(77)44-19-34(28-70(44)6)22-50(76)42-17-32(26-68(42)4)20-48(74)39(59)12-13-61-57(80)46-25-37(31-72(46)8)62-56(79)38-10-11-40-52(53(38)78)65-54(64-40)45-24-36(30-71(45)7)63-58(81)55-60-14-15-66(55)2/h10-11,14-19,24-31,39,78H,9,12-13,20-23,59H2,1-8H3,(H,61,80)(H,62,79)(H,63,81)(H,64,65)/p+1/t39-/m1/s1. The average Bonchev–Trinajstić information content (AvgIpc) is 4.52. The second-order valence-electron chi connectivity index (χ2n) is 20.5. The predicted molar refractivity (Wildman–Crippen MR) is 299 cm³/mol. The van der Waals surface area contributed by atoms with E-state index in [1.807, 2.05) is 0 Å². The van der Waals surface area contributed by atoms with Gasteiger partial charge in [0, 0.05) is 144 Å². The molecule has 81 heavy (non-hydrogen) atoms. The summed E-state index contributed by atoms with van der Waals surface area (Å²) >= 11 is 0. The molecule has 9 aromatic rings. The van der Waals surface area contributed by atoms with Gasteiger partial charge in [-0.2, -0.15) is 0 Å². The number of aromatic nitrogens is 10. The van der Waals surface area contributed by atoms with E-state index in [9.17, 15) is 43.5 Å². The number of phenols is 1. The van der Waals surface area contributed by atoms with Crippen LogP contribution < -0.4 is 21.7 Å². The van der Waals surface area contributed by atoms with Crippen LogP contribution in [0.3, 0.4) is 0 Å². The second-order valence-corrected chi connectivity index (χ2v) is 20.5. The zero-order valence-electron chi connectivity index (χ0n) is 46.2. The number of nitrogens with zero attached hydrogens (tertiary/aromatic N) is 9.